The van der Waals surface area contributed by atoms with Gasteiger partial charge in [0.15, 0.2) is 5.69 Å². The summed E-state index contributed by atoms with van der Waals surface area (Å²) in [5.74, 6) is -1.72. The smallest absolute Gasteiger partial charge is 0.370 e. The van der Waals surface area contributed by atoms with Crippen molar-refractivity contribution in [2.75, 3.05) is 26.2 Å². The molecule has 4 heterocycles. The van der Waals surface area contributed by atoms with Gasteiger partial charge in [0.2, 0.25) is 11.8 Å². The van der Waals surface area contributed by atoms with E-state index < -0.39 is 5.92 Å². The number of ether oxygens (including phenoxy) is 1. The maximum absolute atomic E-state index is 14.6. The first kappa shape index (κ1) is 24.8. The van der Waals surface area contributed by atoms with Crippen molar-refractivity contribution in [2.24, 2.45) is 11.8 Å². The second-order valence-corrected chi connectivity index (χ2v) is 11.9. The number of alkyl halides is 2. The number of fused-ring (bicyclic) bond motifs is 2. The Balaban J connectivity index is 1.32. The molecule has 1 saturated carbocycles. The molecule has 198 valence electrons. The highest BCUT2D eigenvalue weighted by atomic mass is 19.3. The number of carbonyl (C=O) groups excluding carboxylic acids is 1. The van der Waals surface area contributed by atoms with E-state index in [0.29, 0.717) is 25.5 Å². The van der Waals surface area contributed by atoms with Crippen LogP contribution < -0.4 is 15.0 Å². The van der Waals surface area contributed by atoms with Crippen LogP contribution in [0.15, 0.2) is 42.5 Å². The number of aryl methyl sites for hydroxylation is 1. The van der Waals surface area contributed by atoms with E-state index in [-0.39, 0.29) is 42.0 Å². The van der Waals surface area contributed by atoms with Crippen LogP contribution in [0.4, 0.5) is 8.78 Å². The van der Waals surface area contributed by atoms with Crippen LogP contribution >= 0.6 is 0 Å². The zero-order chi connectivity index (χ0) is 25.6. The molecule has 2 aromatic rings. The molecule has 7 heteroatoms. The second kappa shape index (κ2) is 9.64. The zero-order valence-corrected chi connectivity index (χ0v) is 21.7. The fourth-order valence-electron chi connectivity index (χ4n) is 7.82. The van der Waals surface area contributed by atoms with Gasteiger partial charge in [0, 0.05) is 38.4 Å². The van der Waals surface area contributed by atoms with Crippen LogP contribution in [0.2, 0.25) is 0 Å². The molecule has 6 rings (SSSR count). The monoisotopic (exact) mass is 511 g/mol. The number of hydrogen-bond donors (Lipinski definition) is 1. The van der Waals surface area contributed by atoms with Crippen molar-refractivity contribution in [3.05, 3.63) is 59.3 Å². The Morgan fingerprint density at radius 3 is 2.78 bits per heavy atom. The molecular weight excluding hydrogens is 472 g/mol. The molecule has 1 spiro atoms. The van der Waals surface area contributed by atoms with Crippen LogP contribution in [-0.2, 0) is 10.2 Å². The van der Waals surface area contributed by atoms with Gasteiger partial charge in [0.05, 0.1) is 30.7 Å². The summed E-state index contributed by atoms with van der Waals surface area (Å²) in [5.41, 5.74) is 3.10. The number of aromatic amines is 1. The molecule has 3 fully saturated rings. The van der Waals surface area contributed by atoms with Crippen molar-refractivity contribution in [1.82, 2.24) is 4.90 Å². The van der Waals surface area contributed by atoms with Crippen molar-refractivity contribution >= 4 is 5.91 Å². The molecule has 0 radical (unpaired) electrons. The number of nitrogens with zero attached hydrogens (tertiary/aromatic N) is 1. The van der Waals surface area contributed by atoms with Crippen LogP contribution in [0, 0.1) is 18.8 Å². The minimum atomic E-state index is -2.63. The van der Waals surface area contributed by atoms with Crippen molar-refractivity contribution < 1.29 is 28.6 Å². The number of amides is 1. The number of H-pyrrole nitrogens is 1. The molecule has 0 bridgehead atoms. The molecular formula is C30H39F2N3O2+2. The van der Waals surface area contributed by atoms with E-state index in [1.165, 1.54) is 5.56 Å². The van der Waals surface area contributed by atoms with Gasteiger partial charge in [0.25, 0.3) is 0 Å². The van der Waals surface area contributed by atoms with Crippen LogP contribution in [0.25, 0.3) is 0 Å². The molecule has 5 atom stereocenters. The maximum atomic E-state index is 14.6. The van der Waals surface area contributed by atoms with E-state index in [2.05, 4.69) is 46.7 Å². The molecule has 1 unspecified atom stereocenters. The van der Waals surface area contributed by atoms with Gasteiger partial charge >= 0.3 is 5.88 Å². The number of nitrogens with one attached hydrogen (secondary N) is 1. The number of piperidine rings is 1. The molecule has 37 heavy (non-hydrogen) atoms. The molecule has 5 nitrogen and oxygen atoms in total. The molecule has 3 N–H and O–H groups in total. The number of aromatic nitrogens is 1. The molecule has 1 aromatic heterocycles. The average molecular weight is 512 g/mol. The first-order valence-corrected chi connectivity index (χ1v) is 14.1. The van der Waals surface area contributed by atoms with E-state index >= 15 is 0 Å². The van der Waals surface area contributed by atoms with Crippen LogP contribution in [0.5, 0.6) is 5.88 Å². The normalized spacial score (nSPS) is 33.1. The van der Waals surface area contributed by atoms with Crippen LogP contribution in [0.3, 0.4) is 0 Å². The summed E-state index contributed by atoms with van der Waals surface area (Å²) in [7, 11) is 0. The van der Waals surface area contributed by atoms with Gasteiger partial charge in [-0.1, -0.05) is 30.3 Å². The van der Waals surface area contributed by atoms with Gasteiger partial charge < -0.3 is 15.0 Å². The highest BCUT2D eigenvalue weighted by molar-refractivity contribution is 5.82. The molecule has 4 aliphatic rings. The minimum Gasteiger partial charge on any atom is -0.444 e. The topological polar surface area (TPSA) is 60.3 Å². The van der Waals surface area contributed by atoms with E-state index in [4.69, 9.17) is 4.74 Å². The SMILES string of the molecule is Cc1ccc2c([nH+]1)OCC[C@]21C[NH2+]C[C@H]1C(=O)N1CC[C@@H](c2ccccc2)C[C@H]1C1CCCC(F)(F)C1. The van der Waals surface area contributed by atoms with Crippen LogP contribution in [-0.4, -0.2) is 49.0 Å². The Labute approximate surface area is 218 Å². The zero-order valence-electron chi connectivity index (χ0n) is 21.7. The molecule has 3 aliphatic heterocycles. The summed E-state index contributed by atoms with van der Waals surface area (Å²) >= 11 is 0. The predicted octanol–water partition coefficient (Wildman–Crippen LogP) is 3.62. The number of hydrogen-bond acceptors (Lipinski definition) is 2. The summed E-state index contributed by atoms with van der Waals surface area (Å²) in [6, 6.07) is 14.5. The fraction of sp³-hybridized carbons (Fsp3) is 0.600. The Morgan fingerprint density at radius 2 is 1.97 bits per heavy atom. The number of nitrogens with two attached hydrogens (primary N) is 1. The number of quaternary nitrogens is 1. The van der Waals surface area contributed by atoms with Gasteiger partial charge in [0.1, 0.15) is 5.92 Å². The van der Waals surface area contributed by atoms with Gasteiger partial charge in [-0.25, -0.2) is 8.78 Å². The van der Waals surface area contributed by atoms with Gasteiger partial charge in [-0.15, -0.1) is 0 Å². The maximum Gasteiger partial charge on any atom is 0.370 e. The van der Waals surface area contributed by atoms with Gasteiger partial charge in [-0.05, 0) is 55.6 Å². The van der Waals surface area contributed by atoms with Gasteiger partial charge in [-0.2, -0.15) is 4.98 Å². The largest absolute Gasteiger partial charge is 0.444 e. The lowest BCUT2D eigenvalue weighted by Gasteiger charge is -2.47. The summed E-state index contributed by atoms with van der Waals surface area (Å²) < 4.78 is 35.2. The number of rotatable bonds is 3. The standard InChI is InChI=1S/C30H37F2N3O2/c1-20-9-10-24-27(34-20)37-15-13-29(24)19-33-18-25(29)28(36)35-14-11-22(21-6-3-2-4-7-21)16-26(35)23-8-5-12-30(31,32)17-23/h2-4,6-7,9-10,22-23,25-26,33H,5,8,11-19H2,1H3/p+2/t22-,23?,25+,26+,29+/m1/s1. The number of carbonyl (C=O) groups is 1. The third-order valence-electron chi connectivity index (χ3n) is 9.68. The molecule has 1 amide bonds. The van der Waals surface area contributed by atoms with Crippen molar-refractivity contribution in [3.63, 3.8) is 0 Å². The lowest BCUT2D eigenvalue weighted by Crippen LogP contribution is -2.82. The van der Waals surface area contributed by atoms with Crippen LogP contribution in [0.1, 0.15) is 67.7 Å². The van der Waals surface area contributed by atoms with E-state index in [1.807, 2.05) is 17.9 Å². The highest BCUT2D eigenvalue weighted by Crippen LogP contribution is 2.47. The summed E-state index contributed by atoms with van der Waals surface area (Å²) in [6.07, 6.45) is 3.63. The second-order valence-electron chi connectivity index (χ2n) is 11.9. The van der Waals surface area contributed by atoms with E-state index in [9.17, 15) is 13.6 Å². The Kier molecular flexibility index (Phi) is 6.46. The summed E-state index contributed by atoms with van der Waals surface area (Å²) in [4.78, 5) is 19.9. The van der Waals surface area contributed by atoms with Crippen molar-refractivity contribution in [2.45, 2.75) is 75.2 Å². The number of pyridine rings is 1. The Hall–Kier alpha value is -2.54. The minimum absolute atomic E-state index is 0.0281. The quantitative estimate of drug-likeness (QED) is 0.684. The molecule has 1 aliphatic carbocycles. The number of halogens is 2. The van der Waals surface area contributed by atoms with E-state index in [1.54, 1.807) is 0 Å². The lowest BCUT2D eigenvalue weighted by molar-refractivity contribution is -0.640. The van der Waals surface area contributed by atoms with Gasteiger partial charge in [-0.3, -0.25) is 4.79 Å². The average Bonchev–Trinajstić information content (AvgIpc) is 3.31. The van der Waals surface area contributed by atoms with E-state index in [0.717, 1.165) is 55.9 Å². The number of likely N-dealkylation sites (tertiary alicyclic amines) is 1. The first-order valence-electron chi connectivity index (χ1n) is 14.1. The Morgan fingerprint density at radius 1 is 1.14 bits per heavy atom. The third kappa shape index (κ3) is 4.53. The summed E-state index contributed by atoms with van der Waals surface area (Å²) in [5, 5.41) is 2.26. The Bertz CT molecular complexity index is 1140. The summed E-state index contributed by atoms with van der Waals surface area (Å²) in [6.45, 7) is 4.82. The number of benzene rings is 1. The van der Waals surface area contributed by atoms with Crippen molar-refractivity contribution in [1.29, 1.82) is 0 Å². The lowest BCUT2D eigenvalue weighted by atomic mass is 9.68. The molecule has 1 aromatic carbocycles. The first-order chi connectivity index (χ1) is 17.9. The third-order valence-corrected chi connectivity index (χ3v) is 9.68. The fourth-order valence-corrected chi connectivity index (χ4v) is 7.82. The molecule has 2 saturated heterocycles. The highest BCUT2D eigenvalue weighted by Gasteiger charge is 2.57. The van der Waals surface area contributed by atoms with Crippen molar-refractivity contribution in [3.8, 4) is 5.88 Å². The predicted molar refractivity (Wildman–Crippen MR) is 135 cm³/mol.